The number of β-lactam (4-membered cyclic amide) rings is 1. The summed E-state index contributed by atoms with van der Waals surface area (Å²) in [5, 5.41) is 9.80. The molecule has 1 N–H and O–H groups in total. The van der Waals surface area contributed by atoms with Gasteiger partial charge in [0.1, 0.15) is 11.6 Å². The Kier molecular flexibility index (Phi) is 5.72. The Balaban J connectivity index is 2.76. The smallest absolute Gasteiger partial charge is 0.417 e. The first-order valence-corrected chi connectivity index (χ1v) is 7.09. The molecule has 4 atom stereocenters. The maximum absolute atomic E-state index is 12.1. The van der Waals surface area contributed by atoms with Gasteiger partial charge in [-0.2, -0.15) is 0 Å². The molecule has 0 aromatic carbocycles. The second-order valence-electron chi connectivity index (χ2n) is 6.00. The monoisotopic (exact) mass is 303 g/mol. The number of aliphatic hydroxyl groups is 1. The van der Waals surface area contributed by atoms with Crippen molar-refractivity contribution in [1.82, 2.24) is 4.90 Å². The molecule has 1 rings (SSSR count). The van der Waals surface area contributed by atoms with Crippen LogP contribution in [0.5, 0.6) is 0 Å². The largest absolute Gasteiger partial charge is 0.443 e. The average Bonchev–Trinajstić information content (AvgIpc) is 2.29. The number of hydrogen-bond donors (Lipinski definition) is 1. The molecule has 2 amide bonds. The number of imide groups is 1. The fourth-order valence-corrected chi connectivity index (χ4v) is 2.09. The third-order valence-corrected chi connectivity index (χ3v) is 2.91. The van der Waals surface area contributed by atoms with Crippen molar-refractivity contribution in [3.05, 3.63) is 0 Å². The van der Waals surface area contributed by atoms with Crippen LogP contribution in [-0.2, 0) is 19.0 Å². The van der Waals surface area contributed by atoms with E-state index in [1.165, 1.54) is 6.92 Å². The van der Waals surface area contributed by atoms with Gasteiger partial charge in [0.2, 0.25) is 0 Å². The minimum atomic E-state index is -0.922. The fourth-order valence-electron chi connectivity index (χ4n) is 2.09. The van der Waals surface area contributed by atoms with E-state index in [9.17, 15) is 14.7 Å². The van der Waals surface area contributed by atoms with Gasteiger partial charge in [-0.25, -0.2) is 9.69 Å². The third-order valence-electron chi connectivity index (χ3n) is 2.91. The molecule has 1 fully saturated rings. The summed E-state index contributed by atoms with van der Waals surface area (Å²) in [5.41, 5.74) is -0.717. The quantitative estimate of drug-likeness (QED) is 0.608. The van der Waals surface area contributed by atoms with Crippen LogP contribution < -0.4 is 0 Å². The molecule has 0 aromatic heterocycles. The first kappa shape index (κ1) is 17.9. The minimum Gasteiger partial charge on any atom is -0.443 e. The maximum Gasteiger partial charge on any atom is 0.417 e. The molecule has 0 saturated carbocycles. The molecule has 0 radical (unpaired) electrons. The first-order chi connectivity index (χ1) is 9.58. The highest BCUT2D eigenvalue weighted by Crippen LogP contribution is 2.29. The lowest BCUT2D eigenvalue weighted by atomic mass is 9.94. The molecule has 7 heteroatoms. The number of nitrogens with zero attached hydrogens (tertiary/aromatic N) is 1. The third kappa shape index (κ3) is 4.39. The van der Waals surface area contributed by atoms with Crippen molar-refractivity contribution in [3.63, 3.8) is 0 Å². The SMILES string of the molecule is CCOC(C)O[C@H]1C(=O)N(C(=O)OC(C)(C)C)[C@H]1C(C)O. The van der Waals surface area contributed by atoms with Crippen LogP contribution in [0.2, 0.25) is 0 Å². The zero-order valence-corrected chi connectivity index (χ0v) is 13.5. The van der Waals surface area contributed by atoms with E-state index in [1.807, 2.05) is 6.92 Å². The Morgan fingerprint density at radius 3 is 2.38 bits per heavy atom. The summed E-state index contributed by atoms with van der Waals surface area (Å²) in [6, 6.07) is -0.768. The van der Waals surface area contributed by atoms with Gasteiger partial charge in [0, 0.05) is 6.61 Å². The van der Waals surface area contributed by atoms with Crippen molar-refractivity contribution < 1.29 is 28.9 Å². The van der Waals surface area contributed by atoms with Crippen molar-refractivity contribution in [1.29, 1.82) is 0 Å². The number of ether oxygens (including phenoxy) is 3. The first-order valence-electron chi connectivity index (χ1n) is 7.09. The highest BCUT2D eigenvalue weighted by Gasteiger charge is 2.55. The lowest BCUT2D eigenvalue weighted by Crippen LogP contribution is -2.71. The Morgan fingerprint density at radius 1 is 1.38 bits per heavy atom. The van der Waals surface area contributed by atoms with Crippen molar-refractivity contribution in [2.75, 3.05) is 6.61 Å². The predicted molar refractivity (Wildman–Crippen MR) is 74.5 cm³/mol. The number of carbonyl (C=O) groups excluding carboxylic acids is 2. The summed E-state index contributed by atoms with van der Waals surface area (Å²) < 4.78 is 15.8. The normalized spacial score (nSPS) is 25.3. The van der Waals surface area contributed by atoms with Crippen LogP contribution in [0.25, 0.3) is 0 Å². The van der Waals surface area contributed by atoms with Crippen LogP contribution in [0.3, 0.4) is 0 Å². The molecule has 1 saturated heterocycles. The van der Waals surface area contributed by atoms with Crippen LogP contribution in [0, 0.1) is 0 Å². The van der Waals surface area contributed by atoms with Gasteiger partial charge in [-0.05, 0) is 41.5 Å². The number of aliphatic hydroxyl groups excluding tert-OH is 1. The number of rotatable bonds is 5. The van der Waals surface area contributed by atoms with Gasteiger partial charge < -0.3 is 19.3 Å². The second kappa shape index (κ2) is 6.72. The van der Waals surface area contributed by atoms with E-state index in [1.54, 1.807) is 27.7 Å². The van der Waals surface area contributed by atoms with Crippen LogP contribution in [0.15, 0.2) is 0 Å². The summed E-state index contributed by atoms with van der Waals surface area (Å²) >= 11 is 0. The predicted octanol–water partition coefficient (Wildman–Crippen LogP) is 1.28. The second-order valence-corrected chi connectivity index (χ2v) is 6.00. The van der Waals surface area contributed by atoms with E-state index in [-0.39, 0.29) is 0 Å². The van der Waals surface area contributed by atoms with Crippen molar-refractivity contribution >= 4 is 12.0 Å². The molecular weight excluding hydrogens is 278 g/mol. The van der Waals surface area contributed by atoms with Crippen LogP contribution >= 0.6 is 0 Å². The molecule has 122 valence electrons. The van der Waals surface area contributed by atoms with Crippen LogP contribution in [0.1, 0.15) is 41.5 Å². The molecular formula is C14H25NO6. The zero-order chi connectivity index (χ0) is 16.4. The lowest BCUT2D eigenvalue weighted by Gasteiger charge is -2.46. The molecule has 1 heterocycles. The number of likely N-dealkylation sites (tertiary alicyclic amines) is 1. The van der Waals surface area contributed by atoms with E-state index in [2.05, 4.69) is 0 Å². The van der Waals surface area contributed by atoms with E-state index < -0.39 is 42.1 Å². The Bertz CT molecular complexity index is 389. The molecule has 2 unspecified atom stereocenters. The summed E-state index contributed by atoms with van der Waals surface area (Å²) in [6.45, 7) is 10.5. The van der Waals surface area contributed by atoms with Gasteiger partial charge in [-0.15, -0.1) is 0 Å². The Labute approximate surface area is 125 Å². The summed E-state index contributed by atoms with van der Waals surface area (Å²) in [5.74, 6) is -0.526. The topological polar surface area (TPSA) is 85.3 Å². The highest BCUT2D eigenvalue weighted by atomic mass is 16.7. The minimum absolute atomic E-state index is 0.442. The molecule has 1 aliphatic heterocycles. The zero-order valence-electron chi connectivity index (χ0n) is 13.5. The summed E-state index contributed by atoms with van der Waals surface area (Å²) in [4.78, 5) is 25.0. The highest BCUT2D eigenvalue weighted by molar-refractivity contribution is 6.01. The Morgan fingerprint density at radius 2 is 1.95 bits per heavy atom. The molecule has 0 spiro atoms. The molecule has 0 aliphatic carbocycles. The molecule has 7 nitrogen and oxygen atoms in total. The van der Waals surface area contributed by atoms with Gasteiger partial charge in [-0.1, -0.05) is 0 Å². The molecule has 0 aromatic rings. The maximum atomic E-state index is 12.1. The van der Waals surface area contributed by atoms with E-state index in [4.69, 9.17) is 14.2 Å². The van der Waals surface area contributed by atoms with Crippen molar-refractivity contribution in [2.24, 2.45) is 0 Å². The summed E-state index contributed by atoms with van der Waals surface area (Å²) in [7, 11) is 0. The molecule has 0 bridgehead atoms. The number of carbonyl (C=O) groups is 2. The van der Waals surface area contributed by atoms with Gasteiger partial charge >= 0.3 is 6.09 Å². The Hall–Kier alpha value is -1.18. The van der Waals surface area contributed by atoms with E-state index in [0.29, 0.717) is 6.61 Å². The van der Waals surface area contributed by atoms with E-state index >= 15 is 0 Å². The van der Waals surface area contributed by atoms with Gasteiger partial charge in [0.05, 0.1) is 6.10 Å². The standard InChI is InChI=1S/C14H25NO6/c1-7-19-9(3)20-11-10(8(2)16)15(12(11)17)13(18)21-14(4,5)6/h8-11,16H,7H2,1-6H3/t8?,9?,10-,11+/m0/s1. The molecule has 21 heavy (non-hydrogen) atoms. The van der Waals surface area contributed by atoms with Crippen LogP contribution in [-0.4, -0.2) is 58.8 Å². The van der Waals surface area contributed by atoms with Crippen LogP contribution in [0.4, 0.5) is 4.79 Å². The lowest BCUT2D eigenvalue weighted by molar-refractivity contribution is -0.219. The van der Waals surface area contributed by atoms with E-state index in [0.717, 1.165) is 4.90 Å². The molecule has 1 aliphatic rings. The summed E-state index contributed by atoms with van der Waals surface area (Å²) in [6.07, 6.45) is -3.19. The van der Waals surface area contributed by atoms with Crippen molar-refractivity contribution in [2.45, 2.75) is 71.7 Å². The van der Waals surface area contributed by atoms with Gasteiger partial charge in [0.15, 0.2) is 12.4 Å². The number of hydrogen-bond acceptors (Lipinski definition) is 6. The number of amides is 2. The van der Waals surface area contributed by atoms with Crippen molar-refractivity contribution in [3.8, 4) is 0 Å². The van der Waals surface area contributed by atoms with Gasteiger partial charge in [-0.3, -0.25) is 4.79 Å². The average molecular weight is 303 g/mol. The van der Waals surface area contributed by atoms with Gasteiger partial charge in [0.25, 0.3) is 5.91 Å². The fraction of sp³-hybridized carbons (Fsp3) is 0.857.